The summed E-state index contributed by atoms with van der Waals surface area (Å²) in [5.74, 6) is -1.08. The van der Waals surface area contributed by atoms with Gasteiger partial charge >= 0.3 is 0 Å². The predicted octanol–water partition coefficient (Wildman–Crippen LogP) is 3.49. The Morgan fingerprint density at radius 3 is 2.75 bits per heavy atom. The van der Waals surface area contributed by atoms with Crippen LogP contribution in [0, 0.1) is 11.6 Å². The maximum atomic E-state index is 14.2. The number of nitrogens with zero attached hydrogens (tertiary/aromatic N) is 3. The van der Waals surface area contributed by atoms with E-state index in [1.54, 1.807) is 11.5 Å². The van der Waals surface area contributed by atoms with E-state index < -0.39 is 11.6 Å². The maximum Gasteiger partial charge on any atom is 0.184 e. The number of halogens is 3. The molecule has 2 unspecified atom stereocenters. The van der Waals surface area contributed by atoms with Crippen LogP contribution in [0.1, 0.15) is 30.6 Å². The van der Waals surface area contributed by atoms with Crippen molar-refractivity contribution < 1.29 is 8.78 Å². The minimum Gasteiger partial charge on any atom is -0.320 e. The van der Waals surface area contributed by atoms with Gasteiger partial charge in [0.1, 0.15) is 11.3 Å². The van der Waals surface area contributed by atoms with Crippen LogP contribution in [0.5, 0.6) is 0 Å². The predicted molar refractivity (Wildman–Crippen MR) is 75.1 cm³/mol. The van der Waals surface area contributed by atoms with Crippen LogP contribution in [-0.2, 0) is 0 Å². The van der Waals surface area contributed by atoms with E-state index in [0.29, 0.717) is 11.3 Å². The van der Waals surface area contributed by atoms with Gasteiger partial charge in [0.05, 0.1) is 10.9 Å². The molecule has 0 amide bonds. The minimum atomic E-state index is -0.848. The van der Waals surface area contributed by atoms with Gasteiger partial charge in [-0.1, -0.05) is 0 Å². The normalized spacial score (nSPS) is 21.8. The van der Waals surface area contributed by atoms with Gasteiger partial charge in [0.15, 0.2) is 11.6 Å². The molecule has 108 valence electrons. The molecule has 1 aliphatic heterocycles. The first-order chi connectivity index (χ1) is 9.49. The molecular formula is C14H16ClF2N3. The molecule has 3 rings (SSSR count). The van der Waals surface area contributed by atoms with Crippen LogP contribution < -0.4 is 0 Å². The summed E-state index contributed by atoms with van der Waals surface area (Å²) in [5, 5.41) is -0.351. The number of hydrogen-bond acceptors (Lipinski definition) is 2. The zero-order valence-electron chi connectivity index (χ0n) is 11.4. The molecule has 1 saturated heterocycles. The summed E-state index contributed by atoms with van der Waals surface area (Å²) in [6.45, 7) is 3.52. The van der Waals surface area contributed by atoms with Gasteiger partial charge in [0.25, 0.3) is 0 Å². The van der Waals surface area contributed by atoms with E-state index in [-0.39, 0.29) is 16.9 Å². The average Bonchev–Trinajstić information content (AvgIpc) is 2.97. The fraction of sp³-hybridized carbons (Fsp3) is 0.500. The first kappa shape index (κ1) is 13.8. The summed E-state index contributed by atoms with van der Waals surface area (Å²) >= 11 is 6.17. The third-order valence-electron chi connectivity index (χ3n) is 3.86. The van der Waals surface area contributed by atoms with Gasteiger partial charge in [-0.25, -0.2) is 13.8 Å². The standard InChI is InChI=1S/C14H16ClF2N3/c1-8(15)14-18-11-4-3-10(16)12(17)13(11)20(14)9-5-6-19(2)7-9/h3-4,8-9H,5-7H2,1-2H3. The number of benzene rings is 1. The van der Waals surface area contributed by atoms with Crippen LogP contribution in [0.3, 0.4) is 0 Å². The highest BCUT2D eigenvalue weighted by atomic mass is 35.5. The lowest BCUT2D eigenvalue weighted by Crippen LogP contribution is -2.18. The number of fused-ring (bicyclic) bond motifs is 1. The Hall–Kier alpha value is -1.20. The molecule has 6 heteroatoms. The number of alkyl halides is 1. The summed E-state index contributed by atoms with van der Waals surface area (Å²) in [5.41, 5.74) is 0.689. The molecule has 20 heavy (non-hydrogen) atoms. The van der Waals surface area contributed by atoms with Crippen molar-refractivity contribution in [1.82, 2.24) is 14.5 Å². The number of aromatic nitrogens is 2. The highest BCUT2D eigenvalue weighted by molar-refractivity contribution is 6.20. The van der Waals surface area contributed by atoms with Crippen molar-refractivity contribution in [1.29, 1.82) is 0 Å². The van der Waals surface area contributed by atoms with Gasteiger partial charge in [-0.05, 0) is 39.1 Å². The van der Waals surface area contributed by atoms with Crippen LogP contribution in [0.4, 0.5) is 8.78 Å². The van der Waals surface area contributed by atoms with Crippen LogP contribution >= 0.6 is 11.6 Å². The third kappa shape index (κ3) is 2.09. The fourth-order valence-electron chi connectivity index (χ4n) is 2.91. The fourth-order valence-corrected chi connectivity index (χ4v) is 3.07. The molecule has 0 radical (unpaired) electrons. The van der Waals surface area contributed by atoms with Crippen molar-refractivity contribution in [2.75, 3.05) is 20.1 Å². The van der Waals surface area contributed by atoms with Crippen LogP contribution in [0.25, 0.3) is 11.0 Å². The molecule has 0 aliphatic carbocycles. The Morgan fingerprint density at radius 1 is 1.40 bits per heavy atom. The summed E-state index contributed by atoms with van der Waals surface area (Å²) in [6, 6.07) is 2.70. The monoisotopic (exact) mass is 299 g/mol. The smallest absolute Gasteiger partial charge is 0.184 e. The topological polar surface area (TPSA) is 21.1 Å². The van der Waals surface area contributed by atoms with Crippen molar-refractivity contribution in [2.24, 2.45) is 0 Å². The zero-order chi connectivity index (χ0) is 14.4. The lowest BCUT2D eigenvalue weighted by Gasteiger charge is -2.18. The molecule has 0 bridgehead atoms. The Bertz CT molecular complexity index is 653. The van der Waals surface area contributed by atoms with Gasteiger partial charge in [-0.2, -0.15) is 0 Å². The van der Waals surface area contributed by atoms with E-state index in [4.69, 9.17) is 11.6 Å². The summed E-state index contributed by atoms with van der Waals surface area (Å²) in [7, 11) is 2.01. The second-order valence-electron chi connectivity index (χ2n) is 5.39. The van der Waals surface area contributed by atoms with Crippen LogP contribution in [0.15, 0.2) is 12.1 Å². The van der Waals surface area contributed by atoms with Crippen molar-refractivity contribution in [3.63, 3.8) is 0 Å². The SMILES string of the molecule is CC(Cl)c1nc2ccc(F)c(F)c2n1C1CCN(C)C1. The molecule has 1 fully saturated rings. The molecule has 3 nitrogen and oxygen atoms in total. The first-order valence-corrected chi connectivity index (χ1v) is 7.11. The van der Waals surface area contributed by atoms with Crippen molar-refractivity contribution in [2.45, 2.75) is 24.8 Å². The quantitative estimate of drug-likeness (QED) is 0.792. The number of rotatable bonds is 2. The van der Waals surface area contributed by atoms with Gasteiger partial charge in [-0.3, -0.25) is 0 Å². The van der Waals surface area contributed by atoms with Gasteiger partial charge in [0.2, 0.25) is 0 Å². The second-order valence-corrected chi connectivity index (χ2v) is 6.04. The highest BCUT2D eigenvalue weighted by Gasteiger charge is 2.28. The molecule has 2 aromatic rings. The van der Waals surface area contributed by atoms with Crippen LogP contribution in [0.2, 0.25) is 0 Å². The molecule has 1 aliphatic rings. The maximum absolute atomic E-state index is 14.2. The van der Waals surface area contributed by atoms with E-state index in [1.165, 1.54) is 6.07 Å². The number of likely N-dealkylation sites (N-methyl/N-ethyl adjacent to an activating group) is 1. The molecule has 0 spiro atoms. The third-order valence-corrected chi connectivity index (χ3v) is 4.05. The molecule has 1 aromatic heterocycles. The Kier molecular flexibility index (Phi) is 3.42. The molecule has 2 atom stereocenters. The molecular weight excluding hydrogens is 284 g/mol. The van der Waals surface area contributed by atoms with E-state index in [0.717, 1.165) is 25.6 Å². The number of imidazole rings is 1. The Morgan fingerprint density at radius 2 is 2.15 bits per heavy atom. The second kappa shape index (κ2) is 4.97. The van der Waals surface area contributed by atoms with E-state index in [9.17, 15) is 8.78 Å². The Balaban J connectivity index is 2.25. The molecule has 2 heterocycles. The molecule has 1 aromatic carbocycles. The largest absolute Gasteiger partial charge is 0.320 e. The van der Waals surface area contributed by atoms with E-state index in [1.807, 2.05) is 7.05 Å². The molecule has 0 N–H and O–H groups in total. The number of hydrogen-bond donors (Lipinski definition) is 0. The molecule has 0 saturated carbocycles. The first-order valence-electron chi connectivity index (χ1n) is 6.67. The van der Waals surface area contributed by atoms with E-state index >= 15 is 0 Å². The van der Waals surface area contributed by atoms with Gasteiger partial charge < -0.3 is 9.47 Å². The average molecular weight is 300 g/mol. The minimum absolute atomic E-state index is 0.0810. The highest BCUT2D eigenvalue weighted by Crippen LogP contribution is 2.33. The van der Waals surface area contributed by atoms with Crippen molar-refractivity contribution >= 4 is 22.6 Å². The van der Waals surface area contributed by atoms with Gasteiger partial charge in [0, 0.05) is 12.6 Å². The summed E-state index contributed by atoms with van der Waals surface area (Å²) < 4.78 is 29.5. The summed E-state index contributed by atoms with van der Waals surface area (Å²) in [6.07, 6.45) is 0.883. The lowest BCUT2D eigenvalue weighted by atomic mass is 10.2. The zero-order valence-corrected chi connectivity index (χ0v) is 12.2. The van der Waals surface area contributed by atoms with Crippen molar-refractivity contribution in [3.05, 3.63) is 29.6 Å². The lowest BCUT2D eigenvalue weighted by molar-refractivity contribution is 0.390. The Labute approximate surface area is 121 Å². The van der Waals surface area contributed by atoms with Crippen LogP contribution in [-0.4, -0.2) is 34.6 Å². The van der Waals surface area contributed by atoms with Gasteiger partial charge in [-0.15, -0.1) is 11.6 Å². The summed E-state index contributed by atoms with van der Waals surface area (Å²) in [4.78, 5) is 6.55. The van der Waals surface area contributed by atoms with E-state index in [2.05, 4.69) is 9.88 Å². The van der Waals surface area contributed by atoms with Crippen molar-refractivity contribution in [3.8, 4) is 0 Å². The number of likely N-dealkylation sites (tertiary alicyclic amines) is 1.